The van der Waals surface area contributed by atoms with Crippen molar-refractivity contribution in [1.82, 2.24) is 20.5 Å². The fourth-order valence-corrected chi connectivity index (χ4v) is 3.68. The number of carbonyl (C=O) groups excluding carboxylic acids is 1. The molecule has 0 saturated carbocycles. The highest BCUT2D eigenvalue weighted by atomic mass is 32.1. The van der Waals surface area contributed by atoms with Crippen LogP contribution in [0.5, 0.6) is 11.5 Å². The Morgan fingerprint density at radius 1 is 1.21 bits per heavy atom. The molecule has 2 aromatic rings. The smallest absolute Gasteiger partial charge is 0.277 e. The molecule has 0 atom stereocenters. The number of methoxy groups -OCH3 is 2. The Labute approximate surface area is 175 Å². The lowest BCUT2D eigenvalue weighted by atomic mass is 10.1. The normalized spacial score (nSPS) is 13.5. The lowest BCUT2D eigenvalue weighted by Gasteiger charge is -2.30. The zero-order valence-corrected chi connectivity index (χ0v) is 18.0. The fraction of sp³-hybridized carbons (Fsp3) is 0.450. The standard InChI is InChI=1S/C20H26N4O4S/c1-13-18(14(2)28-22-13)19(25)23-10-5-11-24(23)20(29)21-9-8-15-6-7-16(26-3)17(12-15)27-4/h6-7,12H,5,8-11H2,1-4H3,(H,21,29). The summed E-state index contributed by atoms with van der Waals surface area (Å²) in [6, 6.07) is 5.83. The van der Waals surface area contributed by atoms with Crippen molar-refractivity contribution in [2.24, 2.45) is 0 Å². The van der Waals surface area contributed by atoms with Crippen LogP contribution in [0.2, 0.25) is 0 Å². The van der Waals surface area contributed by atoms with Crippen molar-refractivity contribution in [2.45, 2.75) is 26.7 Å². The van der Waals surface area contributed by atoms with Crippen molar-refractivity contribution in [3.63, 3.8) is 0 Å². The molecule has 0 bridgehead atoms. The highest BCUT2D eigenvalue weighted by molar-refractivity contribution is 7.80. The Balaban J connectivity index is 1.59. The number of carbonyl (C=O) groups is 1. The summed E-state index contributed by atoms with van der Waals surface area (Å²) in [7, 11) is 3.23. The summed E-state index contributed by atoms with van der Waals surface area (Å²) in [6.07, 6.45) is 1.61. The van der Waals surface area contributed by atoms with Crippen molar-refractivity contribution in [3.05, 3.63) is 40.8 Å². The maximum Gasteiger partial charge on any atom is 0.277 e. The molecule has 29 heavy (non-hydrogen) atoms. The van der Waals surface area contributed by atoms with Gasteiger partial charge in [-0.1, -0.05) is 11.2 Å². The van der Waals surface area contributed by atoms with Gasteiger partial charge >= 0.3 is 0 Å². The van der Waals surface area contributed by atoms with Crippen molar-refractivity contribution >= 4 is 23.2 Å². The van der Waals surface area contributed by atoms with E-state index in [9.17, 15) is 4.79 Å². The molecule has 156 valence electrons. The summed E-state index contributed by atoms with van der Waals surface area (Å²) < 4.78 is 15.7. The largest absolute Gasteiger partial charge is 0.493 e. The molecule has 3 rings (SSSR count). The molecule has 0 aliphatic carbocycles. The lowest BCUT2D eigenvalue weighted by molar-refractivity contribution is 0.0489. The van der Waals surface area contributed by atoms with Crippen LogP contribution in [0.1, 0.15) is 33.8 Å². The van der Waals surface area contributed by atoms with Crippen molar-refractivity contribution < 1.29 is 18.8 Å². The van der Waals surface area contributed by atoms with Crippen LogP contribution in [-0.2, 0) is 6.42 Å². The summed E-state index contributed by atoms with van der Waals surface area (Å²) in [6.45, 7) is 5.45. The van der Waals surface area contributed by atoms with Crippen LogP contribution < -0.4 is 14.8 Å². The first-order valence-corrected chi connectivity index (χ1v) is 9.88. The molecule has 1 N–H and O–H groups in total. The van der Waals surface area contributed by atoms with E-state index in [1.54, 1.807) is 33.1 Å². The molecule has 1 aromatic heterocycles. The molecule has 1 aliphatic rings. The van der Waals surface area contributed by atoms with Gasteiger partial charge in [-0.05, 0) is 56.6 Å². The lowest BCUT2D eigenvalue weighted by Crippen LogP contribution is -2.49. The third kappa shape index (κ3) is 4.45. The van der Waals surface area contributed by atoms with E-state index in [0.29, 0.717) is 53.3 Å². The minimum atomic E-state index is -0.136. The third-order valence-corrected chi connectivity index (χ3v) is 5.24. The topological polar surface area (TPSA) is 80.1 Å². The highest BCUT2D eigenvalue weighted by Crippen LogP contribution is 2.27. The summed E-state index contributed by atoms with van der Waals surface area (Å²) in [4.78, 5) is 13.0. The number of aromatic nitrogens is 1. The van der Waals surface area contributed by atoms with Crippen LogP contribution >= 0.6 is 12.2 Å². The zero-order chi connectivity index (χ0) is 21.0. The number of rotatable bonds is 6. The van der Waals surface area contributed by atoms with E-state index in [0.717, 1.165) is 18.4 Å². The summed E-state index contributed by atoms with van der Waals surface area (Å²) >= 11 is 5.55. The van der Waals surface area contributed by atoms with Gasteiger partial charge in [0.2, 0.25) is 0 Å². The van der Waals surface area contributed by atoms with Crippen LogP contribution in [0.25, 0.3) is 0 Å². The second-order valence-corrected chi connectivity index (χ2v) is 7.16. The monoisotopic (exact) mass is 418 g/mol. The van der Waals surface area contributed by atoms with E-state index >= 15 is 0 Å². The quantitative estimate of drug-likeness (QED) is 0.717. The van der Waals surface area contributed by atoms with Gasteiger partial charge in [0.1, 0.15) is 11.3 Å². The second-order valence-electron chi connectivity index (χ2n) is 6.78. The van der Waals surface area contributed by atoms with Gasteiger partial charge in [0, 0.05) is 19.6 Å². The number of hydrogen-bond acceptors (Lipinski definition) is 6. The molecule has 0 radical (unpaired) electrons. The number of thiocarbonyl (C=S) groups is 1. The summed E-state index contributed by atoms with van der Waals surface area (Å²) in [5.74, 6) is 1.78. The molecule has 0 unspecified atom stereocenters. The number of nitrogens with one attached hydrogen (secondary N) is 1. The van der Waals surface area contributed by atoms with Gasteiger partial charge in [-0.2, -0.15) is 0 Å². The molecule has 1 aliphatic heterocycles. The third-order valence-electron chi connectivity index (χ3n) is 4.89. The van der Waals surface area contributed by atoms with Crippen molar-refractivity contribution in [3.8, 4) is 11.5 Å². The molecule has 2 heterocycles. The number of hydrazine groups is 1. The molecule has 0 spiro atoms. The average molecular weight is 419 g/mol. The van der Waals surface area contributed by atoms with E-state index in [2.05, 4.69) is 10.5 Å². The molecule has 1 amide bonds. The summed E-state index contributed by atoms with van der Waals surface area (Å²) in [5.41, 5.74) is 2.19. The van der Waals surface area contributed by atoms with Crippen LogP contribution in [0.3, 0.4) is 0 Å². The van der Waals surface area contributed by atoms with Gasteiger partial charge in [0.15, 0.2) is 16.6 Å². The van der Waals surface area contributed by atoms with Gasteiger partial charge in [-0.15, -0.1) is 0 Å². The van der Waals surface area contributed by atoms with Crippen LogP contribution in [-0.4, -0.2) is 60.0 Å². The molecule has 9 heteroatoms. The van der Waals surface area contributed by atoms with Crippen LogP contribution in [0.15, 0.2) is 22.7 Å². The first-order valence-electron chi connectivity index (χ1n) is 9.47. The Kier molecular flexibility index (Phi) is 6.58. The maximum absolute atomic E-state index is 13.0. The zero-order valence-electron chi connectivity index (χ0n) is 17.2. The van der Waals surface area contributed by atoms with Crippen molar-refractivity contribution in [2.75, 3.05) is 33.9 Å². The number of benzene rings is 1. The molecule has 1 aromatic carbocycles. The molecule has 8 nitrogen and oxygen atoms in total. The maximum atomic E-state index is 13.0. The Bertz CT molecular complexity index is 879. The molecular weight excluding hydrogens is 392 g/mol. The fourth-order valence-electron chi connectivity index (χ4n) is 3.39. The number of aryl methyl sites for hydroxylation is 2. The highest BCUT2D eigenvalue weighted by Gasteiger charge is 2.32. The van der Waals surface area contributed by atoms with Crippen LogP contribution in [0, 0.1) is 13.8 Å². The van der Waals surface area contributed by atoms with E-state index in [-0.39, 0.29) is 5.91 Å². The number of ether oxygens (including phenoxy) is 2. The molecule has 1 fully saturated rings. The van der Waals surface area contributed by atoms with Crippen molar-refractivity contribution in [1.29, 1.82) is 0 Å². The molecule has 1 saturated heterocycles. The minimum absolute atomic E-state index is 0.136. The molecular formula is C20H26N4O4S. The van der Waals surface area contributed by atoms with E-state index < -0.39 is 0 Å². The van der Waals surface area contributed by atoms with Gasteiger partial charge in [0.25, 0.3) is 5.91 Å². The van der Waals surface area contributed by atoms with E-state index in [4.69, 9.17) is 26.2 Å². The first-order chi connectivity index (χ1) is 14.0. The predicted molar refractivity (Wildman–Crippen MR) is 112 cm³/mol. The number of amides is 1. The van der Waals surface area contributed by atoms with Gasteiger partial charge in [-0.25, -0.2) is 5.01 Å². The van der Waals surface area contributed by atoms with E-state index in [1.807, 2.05) is 23.2 Å². The number of nitrogens with zero attached hydrogens (tertiary/aromatic N) is 3. The van der Waals surface area contributed by atoms with Crippen LogP contribution in [0.4, 0.5) is 0 Å². The second kappa shape index (κ2) is 9.13. The van der Waals surface area contributed by atoms with Gasteiger partial charge in [-0.3, -0.25) is 9.80 Å². The predicted octanol–water partition coefficient (Wildman–Crippen LogP) is 2.49. The van der Waals surface area contributed by atoms with Gasteiger partial charge < -0.3 is 19.3 Å². The first kappa shape index (κ1) is 20.9. The Morgan fingerprint density at radius 2 is 1.93 bits per heavy atom. The Hall–Kier alpha value is -2.81. The SMILES string of the molecule is COc1ccc(CCNC(=S)N2CCCN2C(=O)c2c(C)noc2C)cc1OC. The average Bonchev–Trinajstić information content (AvgIpc) is 3.34. The van der Waals surface area contributed by atoms with E-state index in [1.165, 1.54) is 0 Å². The number of hydrogen-bond donors (Lipinski definition) is 1. The summed E-state index contributed by atoms with van der Waals surface area (Å²) in [5, 5.41) is 11.1. The minimum Gasteiger partial charge on any atom is -0.493 e. The van der Waals surface area contributed by atoms with Gasteiger partial charge in [0.05, 0.1) is 19.9 Å². The Morgan fingerprint density at radius 3 is 2.59 bits per heavy atom.